The smallest absolute Gasteiger partial charge is 0.246 e. The molecule has 0 fully saturated rings. The van der Waals surface area contributed by atoms with Crippen molar-refractivity contribution in [2.75, 3.05) is 12.4 Å². The molecule has 0 atom stereocenters. The molecule has 1 aromatic heterocycles. The minimum absolute atomic E-state index is 0.0261. The normalized spacial score (nSPS) is 10.2. The van der Waals surface area contributed by atoms with Gasteiger partial charge < -0.3 is 19.9 Å². The van der Waals surface area contributed by atoms with Gasteiger partial charge in [0.25, 0.3) is 0 Å². The van der Waals surface area contributed by atoms with Gasteiger partial charge in [-0.1, -0.05) is 11.6 Å². The van der Waals surface area contributed by atoms with Crippen LogP contribution in [0.25, 0.3) is 11.3 Å². The summed E-state index contributed by atoms with van der Waals surface area (Å²) in [6.45, 7) is 0. The van der Waals surface area contributed by atoms with E-state index in [4.69, 9.17) is 28.2 Å². The van der Waals surface area contributed by atoms with Gasteiger partial charge in [0.15, 0.2) is 10.9 Å². The summed E-state index contributed by atoms with van der Waals surface area (Å²) < 4.78 is 5.36. The highest BCUT2D eigenvalue weighted by molar-refractivity contribution is 7.80. The lowest BCUT2D eigenvalue weighted by atomic mass is 10.1. The summed E-state index contributed by atoms with van der Waals surface area (Å²) in [6, 6.07) is 6.64. The number of hydrogen-bond acceptors (Lipinski definition) is 4. The largest absolute Gasteiger partial charge is 0.502 e. The fourth-order valence-electron chi connectivity index (χ4n) is 1.46. The van der Waals surface area contributed by atoms with Gasteiger partial charge in [0, 0.05) is 17.6 Å². The molecule has 2 rings (SSSR count). The Morgan fingerprint density at radius 2 is 1.84 bits per heavy atom. The number of halogens is 1. The second-order valence-corrected chi connectivity index (χ2v) is 4.51. The van der Waals surface area contributed by atoms with Crippen LogP contribution in [-0.4, -0.2) is 22.4 Å². The van der Waals surface area contributed by atoms with Gasteiger partial charge in [0.1, 0.15) is 0 Å². The third-order valence-electron chi connectivity index (χ3n) is 2.42. The summed E-state index contributed by atoms with van der Waals surface area (Å²) in [6.07, 6.45) is 0. The maximum absolute atomic E-state index is 9.85. The Labute approximate surface area is 119 Å². The Bertz CT molecular complexity index is 610. The van der Waals surface area contributed by atoms with Crippen LogP contribution in [-0.2, 0) is 0 Å². The zero-order chi connectivity index (χ0) is 14.0. The van der Waals surface area contributed by atoms with Crippen LogP contribution < -0.4 is 10.6 Å². The molecule has 2 aromatic rings. The molecule has 4 N–H and O–H groups in total. The van der Waals surface area contributed by atoms with Crippen LogP contribution in [0.5, 0.6) is 11.5 Å². The summed E-state index contributed by atoms with van der Waals surface area (Å²) >= 11 is 10.7. The number of anilines is 1. The first-order valence-electron chi connectivity index (χ1n) is 5.32. The number of aromatic hydroxyl groups is 2. The predicted octanol–water partition coefficient (Wildman–Crippen LogP) is 2.93. The van der Waals surface area contributed by atoms with Crippen LogP contribution in [0.1, 0.15) is 0 Å². The van der Waals surface area contributed by atoms with Crippen LogP contribution >= 0.6 is 23.8 Å². The lowest BCUT2D eigenvalue weighted by molar-refractivity contribution is 0.410. The number of thiocarbonyl (C=S) groups is 1. The highest BCUT2D eigenvalue weighted by atomic mass is 35.5. The average molecular weight is 299 g/mol. The second kappa shape index (κ2) is 5.38. The molecule has 5 nitrogen and oxygen atoms in total. The Hall–Kier alpha value is -1.92. The highest BCUT2D eigenvalue weighted by Gasteiger charge is 2.21. The van der Waals surface area contributed by atoms with Gasteiger partial charge in [-0.2, -0.15) is 0 Å². The molecule has 0 bridgehead atoms. The van der Waals surface area contributed by atoms with Crippen LogP contribution in [0.15, 0.2) is 28.7 Å². The third kappa shape index (κ3) is 2.74. The van der Waals surface area contributed by atoms with Crippen molar-refractivity contribution in [2.24, 2.45) is 0 Å². The van der Waals surface area contributed by atoms with Crippen LogP contribution in [0.4, 0.5) is 5.88 Å². The molecule has 0 aliphatic rings. The summed E-state index contributed by atoms with van der Waals surface area (Å²) in [5.74, 6) is -0.649. The Morgan fingerprint density at radius 3 is 2.42 bits per heavy atom. The van der Waals surface area contributed by atoms with Gasteiger partial charge in [-0.05, 0) is 36.5 Å². The average Bonchev–Trinajstić information content (AvgIpc) is 2.68. The first-order valence-corrected chi connectivity index (χ1v) is 6.11. The molecule has 0 saturated carbocycles. The molecular formula is C12H11ClN2O3S. The fraction of sp³-hybridized carbons (Fsp3) is 0.0833. The van der Waals surface area contributed by atoms with E-state index in [1.165, 1.54) is 0 Å². The predicted molar refractivity (Wildman–Crippen MR) is 77.8 cm³/mol. The first kappa shape index (κ1) is 13.5. The monoisotopic (exact) mass is 298 g/mol. The molecule has 0 radical (unpaired) electrons. The fourth-order valence-corrected chi connectivity index (χ4v) is 1.68. The Morgan fingerprint density at radius 1 is 1.21 bits per heavy atom. The molecule has 1 heterocycles. The molecule has 0 unspecified atom stereocenters. The molecule has 100 valence electrons. The Balaban J connectivity index is 2.39. The van der Waals surface area contributed by atoms with Crippen molar-refractivity contribution in [3.63, 3.8) is 0 Å². The van der Waals surface area contributed by atoms with Gasteiger partial charge in [0.05, 0.1) is 0 Å². The minimum atomic E-state index is -0.400. The van der Waals surface area contributed by atoms with E-state index in [1.54, 1.807) is 31.3 Å². The molecule has 0 aliphatic heterocycles. The molecule has 0 spiro atoms. The van der Waals surface area contributed by atoms with Gasteiger partial charge in [0.2, 0.25) is 17.4 Å². The lowest BCUT2D eigenvalue weighted by Gasteiger charge is -2.03. The standard InChI is InChI=1S/C12H11ClN2O3S/c1-14-12(19)15-11-9(17)8(16)10(18-11)6-2-4-7(13)5-3-6/h2-5,16-17H,1H3,(H2,14,15,19). The SMILES string of the molecule is CNC(=S)Nc1oc(-c2ccc(Cl)cc2)c(O)c1O. The van der Waals surface area contributed by atoms with Crippen molar-refractivity contribution in [2.45, 2.75) is 0 Å². The Kier molecular flexibility index (Phi) is 3.82. The van der Waals surface area contributed by atoms with E-state index in [1.807, 2.05) is 0 Å². The van der Waals surface area contributed by atoms with E-state index in [0.717, 1.165) is 0 Å². The summed E-state index contributed by atoms with van der Waals surface area (Å²) in [5, 5.41) is 25.7. The third-order valence-corrected chi connectivity index (χ3v) is 2.98. The maximum atomic E-state index is 9.85. The van der Waals surface area contributed by atoms with E-state index >= 15 is 0 Å². The molecular weight excluding hydrogens is 288 g/mol. The molecule has 0 saturated heterocycles. The van der Waals surface area contributed by atoms with Crippen molar-refractivity contribution < 1.29 is 14.6 Å². The van der Waals surface area contributed by atoms with Gasteiger partial charge >= 0.3 is 0 Å². The second-order valence-electron chi connectivity index (χ2n) is 3.67. The molecule has 19 heavy (non-hydrogen) atoms. The zero-order valence-corrected chi connectivity index (χ0v) is 11.5. The first-order chi connectivity index (χ1) is 9.02. The van der Waals surface area contributed by atoms with Crippen molar-refractivity contribution in [1.82, 2.24) is 5.32 Å². The summed E-state index contributed by atoms with van der Waals surface area (Å²) in [7, 11) is 1.62. The molecule has 1 aromatic carbocycles. The molecule has 0 aliphatic carbocycles. The highest BCUT2D eigenvalue weighted by Crippen LogP contribution is 2.45. The molecule has 7 heteroatoms. The van der Waals surface area contributed by atoms with E-state index in [9.17, 15) is 10.2 Å². The lowest BCUT2D eigenvalue weighted by Crippen LogP contribution is -2.23. The molecule has 0 amide bonds. The van der Waals surface area contributed by atoms with Gasteiger partial charge in [-0.25, -0.2) is 0 Å². The zero-order valence-electron chi connectivity index (χ0n) is 9.90. The van der Waals surface area contributed by atoms with E-state index in [0.29, 0.717) is 10.6 Å². The van der Waals surface area contributed by atoms with Crippen molar-refractivity contribution in [1.29, 1.82) is 0 Å². The summed E-state index contributed by atoms with van der Waals surface area (Å²) in [5.41, 5.74) is 0.584. The van der Waals surface area contributed by atoms with Crippen molar-refractivity contribution >= 4 is 34.8 Å². The minimum Gasteiger partial charge on any atom is -0.502 e. The topological polar surface area (TPSA) is 77.7 Å². The van der Waals surface area contributed by atoms with Crippen LogP contribution in [0.3, 0.4) is 0 Å². The van der Waals surface area contributed by atoms with Gasteiger partial charge in [-0.15, -0.1) is 0 Å². The van der Waals surface area contributed by atoms with Crippen molar-refractivity contribution in [3.05, 3.63) is 29.3 Å². The van der Waals surface area contributed by atoms with Crippen LogP contribution in [0, 0.1) is 0 Å². The number of hydrogen-bond donors (Lipinski definition) is 4. The number of rotatable bonds is 2. The van der Waals surface area contributed by atoms with Gasteiger partial charge in [-0.3, -0.25) is 5.32 Å². The maximum Gasteiger partial charge on any atom is 0.246 e. The van der Waals surface area contributed by atoms with E-state index < -0.39 is 5.75 Å². The van der Waals surface area contributed by atoms with E-state index in [-0.39, 0.29) is 22.5 Å². The van der Waals surface area contributed by atoms with Crippen LogP contribution in [0.2, 0.25) is 5.02 Å². The van der Waals surface area contributed by atoms with E-state index in [2.05, 4.69) is 10.6 Å². The number of nitrogens with one attached hydrogen (secondary N) is 2. The van der Waals surface area contributed by atoms with Crippen molar-refractivity contribution in [3.8, 4) is 22.8 Å². The summed E-state index contributed by atoms with van der Waals surface area (Å²) in [4.78, 5) is 0. The number of furan rings is 1. The quantitative estimate of drug-likeness (QED) is 0.639. The number of benzene rings is 1.